The highest BCUT2D eigenvalue weighted by Gasteiger charge is 2.31. The van der Waals surface area contributed by atoms with Gasteiger partial charge < -0.3 is 15.4 Å². The SMILES string of the molecule is NCC1CCN(C(=O)c2cccc(OC(F)(F)F)c2)CC1. The van der Waals surface area contributed by atoms with Crippen LogP contribution in [0.3, 0.4) is 0 Å². The molecule has 1 amide bonds. The van der Waals surface area contributed by atoms with E-state index in [9.17, 15) is 18.0 Å². The molecule has 0 aromatic heterocycles. The van der Waals surface area contributed by atoms with Gasteiger partial charge in [-0.05, 0) is 43.5 Å². The third kappa shape index (κ3) is 4.35. The van der Waals surface area contributed by atoms with E-state index in [1.54, 1.807) is 4.90 Å². The number of piperidine rings is 1. The maximum Gasteiger partial charge on any atom is 0.573 e. The Hall–Kier alpha value is -1.76. The third-order valence-electron chi connectivity index (χ3n) is 3.55. The molecule has 1 heterocycles. The lowest BCUT2D eigenvalue weighted by Gasteiger charge is -2.31. The Morgan fingerprint density at radius 2 is 2.00 bits per heavy atom. The summed E-state index contributed by atoms with van der Waals surface area (Å²) >= 11 is 0. The zero-order chi connectivity index (χ0) is 15.5. The number of alkyl halides is 3. The van der Waals surface area contributed by atoms with Gasteiger partial charge in [0.2, 0.25) is 0 Å². The molecule has 1 aromatic rings. The van der Waals surface area contributed by atoms with Crippen LogP contribution in [-0.2, 0) is 0 Å². The Bertz CT molecular complexity index is 497. The van der Waals surface area contributed by atoms with Gasteiger partial charge in [-0.2, -0.15) is 0 Å². The molecule has 1 saturated heterocycles. The van der Waals surface area contributed by atoms with E-state index in [1.807, 2.05) is 0 Å². The van der Waals surface area contributed by atoms with Crippen molar-refractivity contribution in [2.24, 2.45) is 11.7 Å². The van der Waals surface area contributed by atoms with Crippen LogP contribution < -0.4 is 10.5 Å². The molecule has 0 aliphatic carbocycles. The fourth-order valence-electron chi connectivity index (χ4n) is 2.38. The lowest BCUT2D eigenvalue weighted by atomic mass is 9.96. The van der Waals surface area contributed by atoms with Crippen LogP contribution in [0, 0.1) is 5.92 Å². The highest BCUT2D eigenvalue weighted by atomic mass is 19.4. The van der Waals surface area contributed by atoms with Crippen LogP contribution in [0.15, 0.2) is 24.3 Å². The maximum atomic E-state index is 12.3. The van der Waals surface area contributed by atoms with Crippen molar-refractivity contribution in [3.63, 3.8) is 0 Å². The van der Waals surface area contributed by atoms with Gasteiger partial charge in [-0.25, -0.2) is 0 Å². The van der Waals surface area contributed by atoms with Crippen molar-refractivity contribution in [2.45, 2.75) is 19.2 Å². The summed E-state index contributed by atoms with van der Waals surface area (Å²) in [6.45, 7) is 1.74. The molecule has 21 heavy (non-hydrogen) atoms. The molecule has 1 aromatic carbocycles. The predicted molar refractivity (Wildman–Crippen MR) is 70.8 cm³/mol. The highest BCUT2D eigenvalue weighted by molar-refractivity contribution is 5.94. The first-order valence-electron chi connectivity index (χ1n) is 6.74. The van der Waals surface area contributed by atoms with Crippen LogP contribution in [0.25, 0.3) is 0 Å². The molecule has 0 unspecified atom stereocenters. The molecule has 0 radical (unpaired) electrons. The van der Waals surface area contributed by atoms with Crippen LogP contribution in [0.2, 0.25) is 0 Å². The van der Waals surface area contributed by atoms with E-state index in [2.05, 4.69) is 4.74 Å². The number of likely N-dealkylation sites (tertiary alicyclic amines) is 1. The zero-order valence-corrected chi connectivity index (χ0v) is 11.4. The number of ether oxygens (including phenoxy) is 1. The lowest BCUT2D eigenvalue weighted by molar-refractivity contribution is -0.274. The Labute approximate surface area is 120 Å². The van der Waals surface area contributed by atoms with Crippen molar-refractivity contribution in [2.75, 3.05) is 19.6 Å². The van der Waals surface area contributed by atoms with E-state index in [1.165, 1.54) is 18.2 Å². The van der Waals surface area contributed by atoms with Crippen LogP contribution in [-0.4, -0.2) is 36.8 Å². The minimum absolute atomic E-state index is 0.197. The van der Waals surface area contributed by atoms with Gasteiger partial charge in [-0.3, -0.25) is 4.79 Å². The predicted octanol–water partition coefficient (Wildman–Crippen LogP) is 2.40. The van der Waals surface area contributed by atoms with Gasteiger partial charge in [0.05, 0.1) is 0 Å². The van der Waals surface area contributed by atoms with Crippen LogP contribution >= 0.6 is 0 Å². The van der Waals surface area contributed by atoms with Crippen molar-refractivity contribution in [3.8, 4) is 5.75 Å². The Morgan fingerprint density at radius 1 is 1.33 bits per heavy atom. The number of nitrogens with zero attached hydrogens (tertiary/aromatic N) is 1. The topological polar surface area (TPSA) is 55.6 Å². The third-order valence-corrected chi connectivity index (χ3v) is 3.55. The summed E-state index contributed by atoms with van der Waals surface area (Å²) in [7, 11) is 0. The van der Waals surface area contributed by atoms with Gasteiger partial charge >= 0.3 is 6.36 Å². The molecule has 7 heteroatoms. The number of hydrogen-bond acceptors (Lipinski definition) is 3. The molecule has 0 atom stereocenters. The number of nitrogens with two attached hydrogens (primary N) is 1. The van der Waals surface area contributed by atoms with Crippen molar-refractivity contribution < 1.29 is 22.7 Å². The number of carbonyl (C=O) groups is 1. The van der Waals surface area contributed by atoms with Crippen molar-refractivity contribution in [1.29, 1.82) is 0 Å². The summed E-state index contributed by atoms with van der Waals surface area (Å²) in [5, 5.41) is 0. The number of benzene rings is 1. The summed E-state index contributed by atoms with van der Waals surface area (Å²) in [4.78, 5) is 13.9. The first-order chi connectivity index (χ1) is 9.89. The summed E-state index contributed by atoms with van der Waals surface area (Å²) in [6.07, 6.45) is -3.12. The van der Waals surface area contributed by atoms with E-state index in [-0.39, 0.29) is 17.2 Å². The molecule has 1 fully saturated rings. The molecule has 0 spiro atoms. The first-order valence-corrected chi connectivity index (χ1v) is 6.74. The maximum absolute atomic E-state index is 12.3. The van der Waals surface area contributed by atoms with Gasteiger partial charge in [0.15, 0.2) is 0 Å². The van der Waals surface area contributed by atoms with Crippen LogP contribution in [0.5, 0.6) is 5.75 Å². The van der Waals surface area contributed by atoms with E-state index >= 15 is 0 Å². The van der Waals surface area contributed by atoms with Crippen molar-refractivity contribution >= 4 is 5.91 Å². The fourth-order valence-corrected chi connectivity index (χ4v) is 2.38. The largest absolute Gasteiger partial charge is 0.573 e. The minimum Gasteiger partial charge on any atom is -0.406 e. The monoisotopic (exact) mass is 302 g/mol. The number of amides is 1. The molecular formula is C14H17F3N2O2. The fraction of sp³-hybridized carbons (Fsp3) is 0.500. The van der Waals surface area contributed by atoms with Gasteiger partial charge in [-0.15, -0.1) is 13.2 Å². The zero-order valence-electron chi connectivity index (χ0n) is 11.4. The summed E-state index contributed by atoms with van der Waals surface area (Å²) in [5.74, 6) is -0.253. The van der Waals surface area contributed by atoms with Crippen LogP contribution in [0.4, 0.5) is 13.2 Å². The van der Waals surface area contributed by atoms with Crippen molar-refractivity contribution in [3.05, 3.63) is 29.8 Å². The Balaban J connectivity index is 2.04. The standard InChI is InChI=1S/C14H17F3N2O2/c15-14(16,17)21-12-3-1-2-11(8-12)13(20)19-6-4-10(9-18)5-7-19/h1-3,8,10H,4-7,9,18H2. The second-order valence-corrected chi connectivity index (χ2v) is 5.05. The Kier molecular flexibility index (Phi) is 4.72. The molecule has 0 bridgehead atoms. The second-order valence-electron chi connectivity index (χ2n) is 5.05. The van der Waals surface area contributed by atoms with Crippen molar-refractivity contribution in [1.82, 2.24) is 4.90 Å². The number of carbonyl (C=O) groups excluding carboxylic acids is 1. The smallest absolute Gasteiger partial charge is 0.406 e. The van der Waals surface area contributed by atoms with E-state index in [4.69, 9.17) is 5.73 Å². The molecule has 4 nitrogen and oxygen atoms in total. The summed E-state index contributed by atoms with van der Waals surface area (Å²) in [5.41, 5.74) is 5.79. The summed E-state index contributed by atoms with van der Waals surface area (Å²) in [6, 6.07) is 5.15. The van der Waals surface area contributed by atoms with Gasteiger partial charge in [0.25, 0.3) is 5.91 Å². The minimum atomic E-state index is -4.76. The molecule has 116 valence electrons. The molecular weight excluding hydrogens is 285 g/mol. The van der Waals surface area contributed by atoms with Gasteiger partial charge in [0.1, 0.15) is 5.75 Å². The lowest BCUT2D eigenvalue weighted by Crippen LogP contribution is -2.40. The van der Waals surface area contributed by atoms with E-state index in [0.29, 0.717) is 25.6 Å². The molecule has 1 aliphatic rings. The van der Waals surface area contributed by atoms with Crippen LogP contribution in [0.1, 0.15) is 23.2 Å². The molecule has 1 aliphatic heterocycles. The average Bonchev–Trinajstić information content (AvgIpc) is 2.45. The number of hydrogen-bond donors (Lipinski definition) is 1. The summed E-state index contributed by atoms with van der Waals surface area (Å²) < 4.78 is 40.4. The van der Waals surface area contributed by atoms with E-state index < -0.39 is 6.36 Å². The molecule has 2 rings (SSSR count). The molecule has 2 N–H and O–H groups in total. The first kappa shape index (κ1) is 15.6. The average molecular weight is 302 g/mol. The highest BCUT2D eigenvalue weighted by Crippen LogP contribution is 2.24. The van der Waals surface area contributed by atoms with Gasteiger partial charge in [0, 0.05) is 18.7 Å². The number of halogens is 3. The van der Waals surface area contributed by atoms with Gasteiger partial charge in [-0.1, -0.05) is 6.07 Å². The number of rotatable bonds is 3. The molecule has 0 saturated carbocycles. The van der Waals surface area contributed by atoms with E-state index in [0.717, 1.165) is 18.9 Å². The normalized spacial score (nSPS) is 16.9. The Morgan fingerprint density at radius 3 is 2.57 bits per heavy atom. The quantitative estimate of drug-likeness (QED) is 0.933. The second kappa shape index (κ2) is 6.34.